The van der Waals surface area contributed by atoms with Crippen molar-refractivity contribution in [2.24, 2.45) is 0 Å². The number of pyridine rings is 1. The molecule has 0 aliphatic carbocycles. The molecule has 3 aromatic rings. The van der Waals surface area contributed by atoms with Crippen molar-refractivity contribution in [2.75, 3.05) is 44.6 Å². The molecule has 1 aliphatic rings. The van der Waals surface area contributed by atoms with Gasteiger partial charge in [0, 0.05) is 63.4 Å². The van der Waals surface area contributed by atoms with Crippen LogP contribution in [0.15, 0.2) is 42.6 Å². The molecular weight excluding hydrogens is 617 g/mol. The van der Waals surface area contributed by atoms with Gasteiger partial charge < -0.3 is 30.7 Å². The predicted molar refractivity (Wildman–Crippen MR) is 156 cm³/mol. The smallest absolute Gasteiger partial charge is 0.433 e. The minimum atomic E-state index is -4.70. The third-order valence-electron chi connectivity index (χ3n) is 7.37. The van der Waals surface area contributed by atoms with Gasteiger partial charge in [-0.15, -0.1) is 0 Å². The number of ether oxygens (including phenoxy) is 1. The van der Waals surface area contributed by atoms with Gasteiger partial charge in [-0.1, -0.05) is 12.1 Å². The highest BCUT2D eigenvalue weighted by atomic mass is 19.4. The fourth-order valence-electron chi connectivity index (χ4n) is 5.01. The zero-order chi connectivity index (χ0) is 33.5. The van der Waals surface area contributed by atoms with Crippen molar-refractivity contribution in [1.82, 2.24) is 30.5 Å². The summed E-state index contributed by atoms with van der Waals surface area (Å²) in [5.41, 5.74) is -2.86. The van der Waals surface area contributed by atoms with Crippen LogP contribution < -0.4 is 20.7 Å². The van der Waals surface area contributed by atoms with Crippen LogP contribution in [0, 0.1) is 18.6 Å². The molecule has 0 bridgehead atoms. The molecule has 248 valence electrons. The van der Waals surface area contributed by atoms with Crippen LogP contribution in [0.2, 0.25) is 0 Å². The van der Waals surface area contributed by atoms with E-state index in [1.807, 2.05) is 0 Å². The average molecular weight is 652 g/mol. The summed E-state index contributed by atoms with van der Waals surface area (Å²) in [6.07, 6.45) is -2.53. The largest absolute Gasteiger partial charge is 0.474 e. The van der Waals surface area contributed by atoms with Gasteiger partial charge in [0.25, 0.3) is 0 Å². The maximum atomic E-state index is 14.1. The van der Waals surface area contributed by atoms with Crippen LogP contribution in [0.3, 0.4) is 0 Å². The molecule has 0 spiro atoms. The predicted octanol–water partition coefficient (Wildman–Crippen LogP) is 3.88. The lowest BCUT2D eigenvalue weighted by atomic mass is 9.84. The molecule has 0 radical (unpaired) electrons. The second-order valence-electron chi connectivity index (χ2n) is 10.8. The molecule has 11 nitrogen and oxygen atoms in total. The first kappa shape index (κ1) is 34.4. The Morgan fingerprint density at radius 1 is 1.04 bits per heavy atom. The molecule has 0 saturated carbocycles. The van der Waals surface area contributed by atoms with Gasteiger partial charge in [-0.25, -0.2) is 28.5 Å². The van der Waals surface area contributed by atoms with Crippen molar-refractivity contribution in [3.05, 3.63) is 77.0 Å². The quantitative estimate of drug-likeness (QED) is 0.181. The van der Waals surface area contributed by atoms with Gasteiger partial charge >= 0.3 is 12.2 Å². The van der Waals surface area contributed by atoms with Crippen LogP contribution >= 0.6 is 0 Å². The van der Waals surface area contributed by atoms with Crippen LogP contribution in [0.25, 0.3) is 0 Å². The Hall–Kier alpha value is -4.44. The number of anilines is 1. The van der Waals surface area contributed by atoms with Crippen molar-refractivity contribution in [3.63, 3.8) is 0 Å². The number of carbonyl (C=O) groups excluding carboxylic acids is 2. The number of urea groups is 1. The van der Waals surface area contributed by atoms with E-state index in [-0.39, 0.29) is 56.0 Å². The Morgan fingerprint density at radius 3 is 2.37 bits per heavy atom. The van der Waals surface area contributed by atoms with Crippen LogP contribution in [-0.4, -0.2) is 76.2 Å². The number of rotatable bonds is 11. The summed E-state index contributed by atoms with van der Waals surface area (Å²) in [5.74, 6) is -2.30. The van der Waals surface area contributed by atoms with Crippen LogP contribution in [0.1, 0.15) is 48.5 Å². The fourth-order valence-corrected chi connectivity index (χ4v) is 5.01. The van der Waals surface area contributed by atoms with E-state index in [1.165, 1.54) is 30.2 Å². The summed E-state index contributed by atoms with van der Waals surface area (Å²) in [7, 11) is 0. The lowest BCUT2D eigenvalue weighted by Crippen LogP contribution is -2.46. The summed E-state index contributed by atoms with van der Waals surface area (Å²) < 4.78 is 73.4. The monoisotopic (exact) mass is 651 g/mol. The summed E-state index contributed by atoms with van der Waals surface area (Å²) in [4.78, 5) is 37.8. The van der Waals surface area contributed by atoms with Crippen molar-refractivity contribution in [3.8, 4) is 5.88 Å². The summed E-state index contributed by atoms with van der Waals surface area (Å²) in [5, 5.41) is 19.9. The van der Waals surface area contributed by atoms with Crippen molar-refractivity contribution >= 4 is 17.6 Å². The summed E-state index contributed by atoms with van der Waals surface area (Å²) >= 11 is 0. The minimum absolute atomic E-state index is 0.152. The molecule has 1 atom stereocenters. The third kappa shape index (κ3) is 8.84. The first-order chi connectivity index (χ1) is 21.8. The topological polar surface area (TPSA) is 142 Å². The highest BCUT2D eigenvalue weighted by Gasteiger charge is 2.38. The van der Waals surface area contributed by atoms with Gasteiger partial charge in [-0.05, 0) is 38.0 Å². The van der Waals surface area contributed by atoms with Crippen molar-refractivity contribution in [1.29, 1.82) is 0 Å². The molecular formula is C30H34F5N7O4. The molecule has 16 heteroatoms. The second-order valence-corrected chi connectivity index (χ2v) is 10.8. The second kappa shape index (κ2) is 14.8. The Kier molecular flexibility index (Phi) is 11.1. The Labute approximate surface area is 261 Å². The van der Waals surface area contributed by atoms with Crippen LogP contribution in [-0.2, 0) is 16.6 Å². The molecule has 3 amide bonds. The molecule has 46 heavy (non-hydrogen) atoms. The minimum Gasteiger partial charge on any atom is -0.474 e. The Morgan fingerprint density at radius 2 is 1.72 bits per heavy atom. The van der Waals surface area contributed by atoms with E-state index in [2.05, 4.69) is 30.9 Å². The summed E-state index contributed by atoms with van der Waals surface area (Å²) in [6.45, 7) is 3.24. The SMILES string of the molecule is CC(=O)NCCNCC(O)(COc1cccc(C(F)(F)F)n1)c1cnc(C)nc1C1CCN(C(=O)Nc2c(F)cccc2F)CC1. The lowest BCUT2D eigenvalue weighted by molar-refractivity contribution is -0.141. The van der Waals surface area contributed by atoms with E-state index in [4.69, 9.17) is 4.74 Å². The van der Waals surface area contributed by atoms with Gasteiger partial charge in [-0.2, -0.15) is 13.2 Å². The molecule has 1 aromatic carbocycles. The number of amides is 3. The number of para-hydroxylation sites is 1. The standard InChI is InChI=1S/C30H34F5N7O4/c1-18-38-15-21(26(39-18)20-9-13-42(14-10-20)28(44)41-27-22(31)5-3-6-23(27)32)29(45,16-36-11-12-37-19(2)43)17-46-25-8-4-7-24(40-25)30(33,34)35/h3-8,15,20,36,45H,9-14,16-17H2,1-2H3,(H,37,43)(H,41,44). The van der Waals surface area contributed by atoms with E-state index in [0.717, 1.165) is 24.3 Å². The maximum absolute atomic E-state index is 14.1. The highest BCUT2D eigenvalue weighted by molar-refractivity contribution is 5.89. The molecule has 1 fully saturated rings. The number of piperidine rings is 1. The number of nitrogens with one attached hydrogen (secondary N) is 3. The number of likely N-dealkylation sites (tertiary alicyclic amines) is 1. The van der Waals surface area contributed by atoms with E-state index >= 15 is 0 Å². The average Bonchev–Trinajstić information content (AvgIpc) is 3.01. The first-order valence-corrected chi connectivity index (χ1v) is 14.5. The molecule has 2 aromatic heterocycles. The van der Waals surface area contributed by atoms with E-state index in [0.29, 0.717) is 24.4 Å². The number of nitrogens with zero attached hydrogens (tertiary/aromatic N) is 4. The number of aromatic nitrogens is 3. The highest BCUT2D eigenvalue weighted by Crippen LogP contribution is 2.35. The van der Waals surface area contributed by atoms with E-state index in [1.54, 1.807) is 6.92 Å². The van der Waals surface area contributed by atoms with Gasteiger partial charge in [0.05, 0.1) is 5.69 Å². The molecule has 1 aliphatic heterocycles. The Balaban J connectivity index is 1.54. The molecule has 1 unspecified atom stereocenters. The zero-order valence-electron chi connectivity index (χ0n) is 25.1. The van der Waals surface area contributed by atoms with Crippen molar-refractivity contribution < 1.29 is 41.4 Å². The third-order valence-corrected chi connectivity index (χ3v) is 7.37. The molecule has 4 N–H and O–H groups in total. The lowest BCUT2D eigenvalue weighted by Gasteiger charge is -2.35. The zero-order valence-corrected chi connectivity index (χ0v) is 25.1. The van der Waals surface area contributed by atoms with Gasteiger partial charge in [-0.3, -0.25) is 4.79 Å². The fraction of sp³-hybridized carbons (Fsp3) is 0.433. The van der Waals surface area contributed by atoms with E-state index in [9.17, 15) is 36.6 Å². The molecule has 4 rings (SSSR count). The number of hydrogen-bond donors (Lipinski definition) is 4. The van der Waals surface area contributed by atoms with E-state index < -0.39 is 47.4 Å². The summed E-state index contributed by atoms with van der Waals surface area (Å²) in [6, 6.07) is 5.76. The number of hydrogen-bond acceptors (Lipinski definition) is 8. The maximum Gasteiger partial charge on any atom is 0.433 e. The number of halogens is 5. The first-order valence-electron chi connectivity index (χ1n) is 14.5. The van der Waals surface area contributed by atoms with Crippen molar-refractivity contribution in [2.45, 2.75) is 44.4 Å². The number of alkyl halides is 3. The van der Waals surface area contributed by atoms with Gasteiger partial charge in [0.15, 0.2) is 0 Å². The molecule has 3 heterocycles. The number of benzene rings is 1. The van der Waals surface area contributed by atoms with Crippen LogP contribution in [0.4, 0.5) is 32.4 Å². The Bertz CT molecular complexity index is 1520. The molecule has 1 saturated heterocycles. The van der Waals surface area contributed by atoms with Gasteiger partial charge in [0.2, 0.25) is 11.8 Å². The number of aryl methyl sites for hydroxylation is 1. The number of carbonyl (C=O) groups is 2. The number of aliphatic hydroxyl groups is 1. The van der Waals surface area contributed by atoms with Crippen LogP contribution in [0.5, 0.6) is 5.88 Å². The normalized spacial score (nSPS) is 15.3. The van der Waals surface area contributed by atoms with Gasteiger partial charge in [0.1, 0.15) is 41.0 Å².